The third-order valence-electron chi connectivity index (χ3n) is 3.64. The Balaban J connectivity index is -0.0000000756. The van der Waals surface area contributed by atoms with Gasteiger partial charge in [-0.2, -0.15) is 0 Å². The van der Waals surface area contributed by atoms with E-state index >= 15 is 0 Å². The molecular formula is C20H42N2S4Zn2. The van der Waals surface area contributed by atoms with E-state index in [9.17, 15) is 0 Å². The van der Waals surface area contributed by atoms with Gasteiger partial charge in [0.25, 0.3) is 0 Å². The van der Waals surface area contributed by atoms with Crippen LogP contribution in [-0.2, 0) is 64.2 Å². The molecule has 2 nitrogen and oxygen atoms in total. The summed E-state index contributed by atoms with van der Waals surface area (Å²) < 4.78 is 1.27. The second-order valence-electron chi connectivity index (χ2n) is 5.92. The molecule has 160 valence electrons. The van der Waals surface area contributed by atoms with Crippen LogP contribution in [0.15, 0.2) is 0 Å². The maximum absolute atomic E-state index is 4.98. The molecule has 0 aliphatic heterocycles. The number of hydrogen-bond acceptors (Lipinski definition) is 4. The third kappa shape index (κ3) is 29.7. The van der Waals surface area contributed by atoms with Gasteiger partial charge < -0.3 is 74.3 Å². The van der Waals surface area contributed by atoms with Crippen LogP contribution < -0.4 is 0 Å². The van der Waals surface area contributed by atoms with Crippen molar-refractivity contribution in [3.8, 4) is 0 Å². The van der Waals surface area contributed by atoms with Crippen molar-refractivity contribution >= 4 is 58.3 Å². The molecule has 0 fully saturated rings. The Hall–Kier alpha value is 1.47. The second kappa shape index (κ2) is 33.1. The molecule has 0 unspecified atom stereocenters. The quantitative estimate of drug-likeness (QED) is 0.116. The van der Waals surface area contributed by atoms with Gasteiger partial charge in [0.2, 0.25) is 0 Å². The molecule has 0 spiro atoms. The molecule has 0 aromatic rings. The molecule has 0 aliphatic rings. The Bertz CT molecular complexity index is 277. The van der Waals surface area contributed by atoms with Crippen molar-refractivity contribution in [2.24, 2.45) is 0 Å². The molecular weight excluding hydrogens is 527 g/mol. The summed E-state index contributed by atoms with van der Waals surface area (Å²) in [5.41, 5.74) is 0. The molecule has 0 aromatic carbocycles. The van der Waals surface area contributed by atoms with Gasteiger partial charge in [-0.15, -0.1) is 0 Å². The largest absolute Gasteiger partial charge is 2.00 e. The molecule has 28 heavy (non-hydrogen) atoms. The van der Waals surface area contributed by atoms with Crippen LogP contribution >= 0.6 is 24.4 Å². The van der Waals surface area contributed by atoms with Gasteiger partial charge in [-0.3, -0.25) is 0 Å². The number of nitrogens with zero attached hydrogens (tertiary/aromatic N) is 2. The number of hydrogen-bond donors (Lipinski definition) is 0. The first-order chi connectivity index (χ1) is 11.4. The molecule has 0 rings (SSSR count). The normalized spacial score (nSPS) is 8.43. The first kappa shape index (κ1) is 43.4. The molecule has 0 amide bonds. The number of unbranched alkanes of at least 4 members (excludes halogenated alkanes) is 4. The van der Waals surface area contributed by atoms with Gasteiger partial charge in [-0.05, 0) is 25.7 Å². The first-order valence-electron chi connectivity index (χ1n) is 9.36. The van der Waals surface area contributed by atoms with E-state index in [1.54, 1.807) is 0 Å². The van der Waals surface area contributed by atoms with Crippen LogP contribution in [0.5, 0.6) is 0 Å². The zero-order chi connectivity index (χ0) is 18.8. The minimum absolute atomic E-state index is 0. The van der Waals surface area contributed by atoms with E-state index in [-0.39, 0.29) is 53.8 Å². The van der Waals surface area contributed by atoms with E-state index in [0.717, 1.165) is 26.2 Å². The fraction of sp³-hybridized carbons (Fsp3) is 0.800. The summed E-state index contributed by atoms with van der Waals surface area (Å²) in [5.74, 6) is 0. The molecule has 0 aliphatic carbocycles. The Labute approximate surface area is 225 Å². The monoisotopic (exact) mass is 566 g/mol. The van der Waals surface area contributed by atoms with Crippen LogP contribution in [0, 0.1) is 14.9 Å². The fourth-order valence-corrected chi connectivity index (χ4v) is 2.71. The van der Waals surface area contributed by atoms with Crippen molar-refractivity contribution in [3.05, 3.63) is 14.9 Å². The minimum atomic E-state index is 0. The summed E-state index contributed by atoms with van der Waals surface area (Å²) in [6, 6.07) is 0. The zero-order valence-electron chi connectivity index (χ0n) is 19.4. The molecule has 8 heteroatoms. The van der Waals surface area contributed by atoms with Gasteiger partial charge in [0.15, 0.2) is 0 Å². The van der Waals surface area contributed by atoms with Crippen molar-refractivity contribution in [2.75, 3.05) is 26.2 Å². The molecule has 0 N–H and O–H groups in total. The predicted octanol–water partition coefficient (Wildman–Crippen LogP) is 6.34. The Morgan fingerprint density at radius 2 is 0.750 bits per heavy atom. The summed E-state index contributed by atoms with van der Waals surface area (Å²) in [4.78, 5) is 4.27. The summed E-state index contributed by atoms with van der Waals surface area (Å²) in [6.45, 7) is 12.9. The van der Waals surface area contributed by atoms with Crippen molar-refractivity contribution in [2.45, 2.75) is 79.1 Å². The molecule has 0 radical (unpaired) electrons. The van der Waals surface area contributed by atoms with Crippen LogP contribution in [0.2, 0.25) is 0 Å². The van der Waals surface area contributed by atoms with Crippen molar-refractivity contribution in [1.82, 2.24) is 9.80 Å². The van der Waals surface area contributed by atoms with E-state index in [0.29, 0.717) is 8.64 Å². The standard InChI is InChI=1S/2C9H19NS2.2CH3.2Zn/c2*1-3-5-7-10(9(11)12)8-6-4-2;;;;/h2*3-8H2,1-2H3,(H,11,12);2*1H3;;/q;;2*-1;2*+2/p-2. The van der Waals surface area contributed by atoms with Crippen LogP contribution in [0.3, 0.4) is 0 Å². The van der Waals surface area contributed by atoms with Crippen LogP contribution in [-0.4, -0.2) is 44.6 Å². The zero-order valence-corrected chi connectivity index (χ0v) is 28.6. The van der Waals surface area contributed by atoms with Crippen LogP contribution in [0.25, 0.3) is 0 Å². The topological polar surface area (TPSA) is 6.48 Å². The second-order valence-corrected chi connectivity index (χ2v) is 7.98. The third-order valence-corrected chi connectivity index (χ3v) is 4.68. The number of rotatable bonds is 12. The van der Waals surface area contributed by atoms with Crippen LogP contribution in [0.1, 0.15) is 79.1 Å². The van der Waals surface area contributed by atoms with Gasteiger partial charge in [0, 0.05) is 26.2 Å². The maximum atomic E-state index is 4.98. The van der Waals surface area contributed by atoms with Crippen molar-refractivity contribution < 1.29 is 39.0 Å². The fourth-order valence-electron chi connectivity index (χ4n) is 1.98. The van der Waals surface area contributed by atoms with Crippen LogP contribution in [0.4, 0.5) is 0 Å². The SMILES string of the molecule is CCCCN(CCCC)C(=S)[S-].CCCCN(CCCC)C(=S)[S-].[CH3-].[CH3-].[Zn+2].[Zn+2]. The maximum Gasteiger partial charge on any atom is 2.00 e. The Kier molecular flexibility index (Phi) is 51.3. The van der Waals surface area contributed by atoms with Gasteiger partial charge in [-0.25, -0.2) is 0 Å². The predicted molar refractivity (Wildman–Crippen MR) is 136 cm³/mol. The summed E-state index contributed by atoms with van der Waals surface area (Å²) in [7, 11) is 0. The first-order valence-corrected chi connectivity index (χ1v) is 11.0. The van der Waals surface area contributed by atoms with Gasteiger partial charge >= 0.3 is 39.0 Å². The minimum Gasteiger partial charge on any atom is -0.411 e. The summed E-state index contributed by atoms with van der Waals surface area (Å²) in [5, 5.41) is 0. The van der Waals surface area contributed by atoms with Gasteiger partial charge in [-0.1, -0.05) is 62.0 Å². The molecule has 0 saturated carbocycles. The number of thiocarbonyl (C=S) groups is 2. The smallest absolute Gasteiger partial charge is 0.411 e. The van der Waals surface area contributed by atoms with E-state index in [1.165, 1.54) is 51.4 Å². The molecule has 0 saturated heterocycles. The molecule has 0 atom stereocenters. The average molecular weight is 570 g/mol. The molecule has 0 aromatic heterocycles. The van der Waals surface area contributed by atoms with E-state index in [4.69, 9.17) is 49.7 Å². The van der Waals surface area contributed by atoms with E-state index in [1.807, 2.05) is 0 Å². The molecule has 0 bridgehead atoms. The van der Waals surface area contributed by atoms with Crippen molar-refractivity contribution in [3.63, 3.8) is 0 Å². The van der Waals surface area contributed by atoms with Gasteiger partial charge in [0.05, 0.1) is 0 Å². The Morgan fingerprint density at radius 3 is 0.857 bits per heavy atom. The average Bonchev–Trinajstić information content (AvgIpc) is 2.55. The van der Waals surface area contributed by atoms with E-state index in [2.05, 4.69) is 37.5 Å². The summed E-state index contributed by atoms with van der Waals surface area (Å²) >= 11 is 19.9. The van der Waals surface area contributed by atoms with Gasteiger partial charge in [0.1, 0.15) is 0 Å². The summed E-state index contributed by atoms with van der Waals surface area (Å²) in [6.07, 6.45) is 9.62. The van der Waals surface area contributed by atoms with E-state index < -0.39 is 0 Å². The Morgan fingerprint density at radius 1 is 0.571 bits per heavy atom. The van der Waals surface area contributed by atoms with Crippen molar-refractivity contribution in [1.29, 1.82) is 0 Å². The molecule has 0 heterocycles.